The summed E-state index contributed by atoms with van der Waals surface area (Å²) in [5, 5.41) is 14.0. The van der Waals surface area contributed by atoms with Crippen LogP contribution in [0.25, 0.3) is 11.6 Å². The molecule has 3 aromatic rings. The second kappa shape index (κ2) is 11.5. The fraction of sp³-hybridized carbons (Fsp3) is 0.192. The van der Waals surface area contributed by atoms with Crippen molar-refractivity contribution in [2.24, 2.45) is 0 Å². The predicted molar refractivity (Wildman–Crippen MR) is 126 cm³/mol. The van der Waals surface area contributed by atoms with Crippen molar-refractivity contribution in [3.8, 4) is 5.75 Å². The molecular weight excluding hydrogens is 404 g/mol. The highest BCUT2D eigenvalue weighted by atomic mass is 16.6. The van der Waals surface area contributed by atoms with Gasteiger partial charge in [-0.2, -0.15) is 0 Å². The molecule has 6 nitrogen and oxygen atoms in total. The molecule has 32 heavy (non-hydrogen) atoms. The molecule has 0 spiro atoms. The number of nitrogens with zero attached hydrogens (tertiary/aromatic N) is 1. The Bertz CT molecular complexity index is 1080. The first-order chi connectivity index (χ1) is 15.6. The lowest BCUT2D eigenvalue weighted by Crippen LogP contribution is -2.28. The second-order valence-corrected chi connectivity index (χ2v) is 7.27. The van der Waals surface area contributed by atoms with Crippen LogP contribution in [0.3, 0.4) is 0 Å². The normalized spacial score (nSPS) is 11.1. The fourth-order valence-electron chi connectivity index (χ4n) is 3.26. The summed E-state index contributed by atoms with van der Waals surface area (Å²) in [5.41, 5.74) is 2.98. The van der Waals surface area contributed by atoms with E-state index in [0.29, 0.717) is 24.3 Å². The van der Waals surface area contributed by atoms with Crippen LogP contribution in [0.4, 0.5) is 5.69 Å². The van der Waals surface area contributed by atoms with Gasteiger partial charge in [0.2, 0.25) is 0 Å². The van der Waals surface area contributed by atoms with Gasteiger partial charge in [0.05, 0.1) is 11.5 Å². The van der Waals surface area contributed by atoms with E-state index in [9.17, 15) is 14.9 Å². The van der Waals surface area contributed by atoms with Gasteiger partial charge in [0.1, 0.15) is 12.4 Å². The molecule has 164 valence electrons. The highest BCUT2D eigenvalue weighted by Gasteiger charge is 2.13. The van der Waals surface area contributed by atoms with E-state index in [4.69, 9.17) is 4.74 Å². The summed E-state index contributed by atoms with van der Waals surface area (Å²) in [4.78, 5) is 23.6. The summed E-state index contributed by atoms with van der Waals surface area (Å²) in [6.45, 7) is 2.80. The molecule has 6 heteroatoms. The molecule has 1 N–H and O–H groups in total. The summed E-state index contributed by atoms with van der Waals surface area (Å²) in [6, 6.07) is 23.4. The van der Waals surface area contributed by atoms with Crippen LogP contribution in [0.15, 0.2) is 78.9 Å². The summed E-state index contributed by atoms with van der Waals surface area (Å²) in [5.74, 6) is 0.485. The van der Waals surface area contributed by atoms with E-state index in [0.717, 1.165) is 24.2 Å². The number of benzene rings is 3. The van der Waals surface area contributed by atoms with Crippen molar-refractivity contribution in [1.29, 1.82) is 0 Å². The Hall–Kier alpha value is -3.93. The van der Waals surface area contributed by atoms with E-state index in [1.165, 1.54) is 17.7 Å². The minimum Gasteiger partial charge on any atom is -0.492 e. The van der Waals surface area contributed by atoms with Crippen molar-refractivity contribution in [1.82, 2.24) is 5.32 Å². The number of carbonyl (C=O) groups is 1. The molecule has 0 fully saturated rings. The van der Waals surface area contributed by atoms with E-state index in [1.807, 2.05) is 54.6 Å². The zero-order valence-corrected chi connectivity index (χ0v) is 18.0. The standard InChI is InChI=1S/C26H26N2O4/c1-2-7-20-12-14-24(15-13-20)32-17-16-27-26(29)25(22-9-4-3-5-10-22)19-21-8-6-11-23(18-21)28(30)31/h3-6,8-15,18-19H,2,7,16-17H2,1H3,(H,27,29)/b25-19+. The number of carbonyl (C=O) groups excluding carboxylic acids is 1. The van der Waals surface area contributed by atoms with Crippen molar-refractivity contribution < 1.29 is 14.5 Å². The first-order valence-corrected chi connectivity index (χ1v) is 10.6. The van der Waals surface area contributed by atoms with Crippen LogP contribution in [-0.2, 0) is 11.2 Å². The van der Waals surface area contributed by atoms with Crippen LogP contribution in [0, 0.1) is 10.1 Å². The van der Waals surface area contributed by atoms with Crippen LogP contribution in [-0.4, -0.2) is 24.0 Å². The molecule has 0 heterocycles. The zero-order chi connectivity index (χ0) is 22.8. The molecule has 0 aliphatic carbocycles. The van der Waals surface area contributed by atoms with Gasteiger partial charge in [0.15, 0.2) is 0 Å². The quantitative estimate of drug-likeness (QED) is 0.156. The van der Waals surface area contributed by atoms with Crippen molar-refractivity contribution in [3.63, 3.8) is 0 Å². The molecule has 3 rings (SSSR count). The number of hydrogen-bond acceptors (Lipinski definition) is 4. The Morgan fingerprint density at radius 3 is 2.47 bits per heavy atom. The van der Waals surface area contributed by atoms with Gasteiger partial charge in [0, 0.05) is 17.7 Å². The number of nitrogens with one attached hydrogen (secondary N) is 1. The summed E-state index contributed by atoms with van der Waals surface area (Å²) in [6.07, 6.45) is 3.79. The topological polar surface area (TPSA) is 81.5 Å². The number of hydrogen-bond donors (Lipinski definition) is 1. The second-order valence-electron chi connectivity index (χ2n) is 7.27. The highest BCUT2D eigenvalue weighted by Crippen LogP contribution is 2.21. The van der Waals surface area contributed by atoms with Crippen molar-refractivity contribution >= 4 is 23.2 Å². The Balaban J connectivity index is 1.67. The van der Waals surface area contributed by atoms with Crippen LogP contribution < -0.4 is 10.1 Å². The molecule has 0 radical (unpaired) electrons. The maximum atomic E-state index is 12.9. The predicted octanol–water partition coefficient (Wildman–Crippen LogP) is 5.28. The van der Waals surface area contributed by atoms with Gasteiger partial charge in [-0.1, -0.05) is 67.9 Å². The minimum absolute atomic E-state index is 0.0232. The highest BCUT2D eigenvalue weighted by molar-refractivity contribution is 6.24. The van der Waals surface area contributed by atoms with Gasteiger partial charge in [0.25, 0.3) is 11.6 Å². The molecule has 0 aliphatic rings. The number of rotatable bonds is 10. The summed E-state index contributed by atoms with van der Waals surface area (Å²) < 4.78 is 5.73. The number of ether oxygens (including phenoxy) is 1. The fourth-order valence-corrected chi connectivity index (χ4v) is 3.26. The number of nitro groups is 1. The Kier molecular flexibility index (Phi) is 8.15. The Morgan fingerprint density at radius 1 is 1.03 bits per heavy atom. The maximum absolute atomic E-state index is 12.9. The lowest BCUT2D eigenvalue weighted by molar-refractivity contribution is -0.384. The van der Waals surface area contributed by atoms with Crippen LogP contribution >= 0.6 is 0 Å². The molecular formula is C26H26N2O4. The van der Waals surface area contributed by atoms with Gasteiger partial charge in [-0.15, -0.1) is 0 Å². The first-order valence-electron chi connectivity index (χ1n) is 10.6. The van der Waals surface area contributed by atoms with Gasteiger partial charge in [-0.3, -0.25) is 14.9 Å². The smallest absolute Gasteiger partial charge is 0.270 e. The van der Waals surface area contributed by atoms with E-state index >= 15 is 0 Å². The van der Waals surface area contributed by atoms with E-state index < -0.39 is 4.92 Å². The van der Waals surface area contributed by atoms with Crippen LogP contribution in [0.1, 0.15) is 30.0 Å². The molecule has 0 bridgehead atoms. The number of nitro benzene ring substituents is 1. The molecule has 0 atom stereocenters. The lowest BCUT2D eigenvalue weighted by atomic mass is 10.0. The molecule has 0 unspecified atom stereocenters. The molecule has 0 saturated carbocycles. The molecule has 0 aliphatic heterocycles. The first kappa shape index (κ1) is 22.7. The zero-order valence-electron chi connectivity index (χ0n) is 18.0. The van der Waals surface area contributed by atoms with Crippen LogP contribution in [0.2, 0.25) is 0 Å². The maximum Gasteiger partial charge on any atom is 0.270 e. The van der Waals surface area contributed by atoms with Crippen molar-refractivity contribution in [3.05, 3.63) is 106 Å². The van der Waals surface area contributed by atoms with Crippen LogP contribution in [0.5, 0.6) is 5.75 Å². The Morgan fingerprint density at radius 2 is 1.78 bits per heavy atom. The van der Waals surface area contributed by atoms with E-state index in [2.05, 4.69) is 12.2 Å². The molecule has 1 amide bonds. The van der Waals surface area contributed by atoms with Crippen molar-refractivity contribution in [2.75, 3.05) is 13.2 Å². The summed E-state index contributed by atoms with van der Waals surface area (Å²) in [7, 11) is 0. The number of amides is 1. The average Bonchev–Trinajstić information content (AvgIpc) is 2.82. The number of aryl methyl sites for hydroxylation is 1. The third kappa shape index (κ3) is 6.54. The van der Waals surface area contributed by atoms with Gasteiger partial charge in [-0.25, -0.2) is 0 Å². The lowest BCUT2D eigenvalue weighted by Gasteiger charge is -2.11. The summed E-state index contributed by atoms with van der Waals surface area (Å²) >= 11 is 0. The van der Waals surface area contributed by atoms with Gasteiger partial charge >= 0.3 is 0 Å². The third-order valence-electron chi connectivity index (χ3n) is 4.84. The Labute approximate surface area is 187 Å². The van der Waals surface area contributed by atoms with Crippen molar-refractivity contribution in [2.45, 2.75) is 19.8 Å². The minimum atomic E-state index is -0.453. The number of non-ortho nitro benzene ring substituents is 1. The molecule has 3 aromatic carbocycles. The van der Waals surface area contributed by atoms with Gasteiger partial charge in [-0.05, 0) is 41.3 Å². The van der Waals surface area contributed by atoms with E-state index in [-0.39, 0.29) is 11.6 Å². The van der Waals surface area contributed by atoms with Gasteiger partial charge < -0.3 is 10.1 Å². The molecule has 0 saturated heterocycles. The molecule has 0 aromatic heterocycles. The third-order valence-corrected chi connectivity index (χ3v) is 4.84. The SMILES string of the molecule is CCCc1ccc(OCCNC(=O)/C(=C/c2cccc([N+](=O)[O-])c2)c2ccccc2)cc1. The monoisotopic (exact) mass is 430 g/mol. The van der Waals surface area contributed by atoms with E-state index in [1.54, 1.807) is 18.2 Å². The largest absolute Gasteiger partial charge is 0.492 e. The average molecular weight is 431 g/mol.